The molecular weight excluding hydrogens is 300 g/mol. The number of H-pyrrole nitrogens is 1. The minimum absolute atomic E-state index is 0.296. The smallest absolute Gasteiger partial charge is 0.0828 e. The molecule has 0 amide bonds. The summed E-state index contributed by atoms with van der Waals surface area (Å²) in [6.45, 7) is 7.13. The van der Waals surface area contributed by atoms with E-state index in [2.05, 4.69) is 50.3 Å². The van der Waals surface area contributed by atoms with Gasteiger partial charge >= 0.3 is 0 Å². The molecule has 128 valence electrons. The lowest BCUT2D eigenvalue weighted by molar-refractivity contribution is 0.0226. The summed E-state index contributed by atoms with van der Waals surface area (Å²) in [6.07, 6.45) is 4.45. The summed E-state index contributed by atoms with van der Waals surface area (Å²) in [4.78, 5) is 5.05. The molecule has 2 aromatic rings. The number of benzene rings is 1. The van der Waals surface area contributed by atoms with Crippen LogP contribution in [0.3, 0.4) is 0 Å². The monoisotopic (exact) mass is 326 g/mol. The van der Waals surface area contributed by atoms with Gasteiger partial charge in [-0.1, -0.05) is 30.3 Å². The molecule has 1 N–H and O–H groups in total. The van der Waals surface area contributed by atoms with Gasteiger partial charge in [-0.3, -0.25) is 14.9 Å². The fourth-order valence-corrected chi connectivity index (χ4v) is 3.79. The molecule has 1 unspecified atom stereocenters. The van der Waals surface area contributed by atoms with E-state index in [1.165, 1.54) is 16.8 Å². The van der Waals surface area contributed by atoms with E-state index in [0.29, 0.717) is 6.10 Å². The van der Waals surface area contributed by atoms with E-state index in [1.54, 1.807) is 0 Å². The predicted octanol–water partition coefficient (Wildman–Crippen LogP) is 2.06. The number of nitrogens with one attached hydrogen (secondary N) is 1. The SMILES string of the molecule is c1ccc(CN2CCCOC(CN3CCc4[nH]ncc4C3)C2)cc1. The lowest BCUT2D eigenvalue weighted by Crippen LogP contribution is -2.42. The first-order valence-corrected chi connectivity index (χ1v) is 8.98. The van der Waals surface area contributed by atoms with E-state index < -0.39 is 0 Å². The third-order valence-corrected chi connectivity index (χ3v) is 5.02. The summed E-state index contributed by atoms with van der Waals surface area (Å²) in [5.74, 6) is 0. The van der Waals surface area contributed by atoms with Gasteiger partial charge in [-0.05, 0) is 12.0 Å². The van der Waals surface area contributed by atoms with Crippen LogP contribution < -0.4 is 0 Å². The van der Waals surface area contributed by atoms with E-state index in [1.807, 2.05) is 6.20 Å². The second-order valence-electron chi connectivity index (χ2n) is 6.93. The summed E-state index contributed by atoms with van der Waals surface area (Å²) in [5, 5.41) is 7.28. The Balaban J connectivity index is 1.35. The summed E-state index contributed by atoms with van der Waals surface area (Å²) < 4.78 is 6.14. The fraction of sp³-hybridized carbons (Fsp3) is 0.526. The highest BCUT2D eigenvalue weighted by Gasteiger charge is 2.24. The number of nitrogens with zero attached hydrogens (tertiary/aromatic N) is 3. The van der Waals surface area contributed by atoms with Crippen LogP contribution in [0.2, 0.25) is 0 Å². The lowest BCUT2D eigenvalue weighted by atomic mass is 10.1. The van der Waals surface area contributed by atoms with Gasteiger partial charge in [0.05, 0.1) is 12.3 Å². The minimum atomic E-state index is 0.296. The molecule has 3 heterocycles. The summed E-state index contributed by atoms with van der Waals surface area (Å²) in [5.41, 5.74) is 4.04. The van der Waals surface area contributed by atoms with Crippen LogP contribution in [0.1, 0.15) is 23.2 Å². The Kier molecular flexibility index (Phi) is 4.92. The third-order valence-electron chi connectivity index (χ3n) is 5.02. The molecule has 1 fully saturated rings. The second-order valence-corrected chi connectivity index (χ2v) is 6.93. The Morgan fingerprint density at radius 2 is 2.08 bits per heavy atom. The number of hydrogen-bond acceptors (Lipinski definition) is 4. The molecule has 4 rings (SSSR count). The van der Waals surface area contributed by atoms with Gasteiger partial charge in [-0.15, -0.1) is 0 Å². The maximum absolute atomic E-state index is 6.14. The van der Waals surface area contributed by atoms with E-state index in [4.69, 9.17) is 4.74 Å². The van der Waals surface area contributed by atoms with E-state index in [9.17, 15) is 0 Å². The largest absolute Gasteiger partial charge is 0.376 e. The highest BCUT2D eigenvalue weighted by atomic mass is 16.5. The molecule has 5 nitrogen and oxygen atoms in total. The zero-order chi connectivity index (χ0) is 16.2. The van der Waals surface area contributed by atoms with Gasteiger partial charge in [0.25, 0.3) is 0 Å². The molecule has 0 aliphatic carbocycles. The normalized spacial score (nSPS) is 22.9. The highest BCUT2D eigenvalue weighted by molar-refractivity contribution is 5.19. The molecule has 24 heavy (non-hydrogen) atoms. The molecule has 5 heteroatoms. The van der Waals surface area contributed by atoms with Gasteiger partial charge < -0.3 is 4.74 Å². The van der Waals surface area contributed by atoms with Crippen LogP contribution in [0.15, 0.2) is 36.5 Å². The average Bonchev–Trinajstić information content (AvgIpc) is 2.96. The Hall–Kier alpha value is -1.69. The topological polar surface area (TPSA) is 44.4 Å². The summed E-state index contributed by atoms with van der Waals surface area (Å²) in [7, 11) is 0. The molecule has 2 aliphatic heterocycles. The maximum atomic E-state index is 6.14. The number of fused-ring (bicyclic) bond motifs is 1. The molecule has 1 saturated heterocycles. The fourth-order valence-electron chi connectivity index (χ4n) is 3.79. The van der Waals surface area contributed by atoms with Crippen molar-refractivity contribution in [3.63, 3.8) is 0 Å². The predicted molar refractivity (Wildman–Crippen MR) is 93.6 cm³/mol. The van der Waals surface area contributed by atoms with Crippen molar-refractivity contribution < 1.29 is 4.74 Å². The zero-order valence-electron chi connectivity index (χ0n) is 14.2. The quantitative estimate of drug-likeness (QED) is 0.934. The van der Waals surface area contributed by atoms with E-state index in [-0.39, 0.29) is 0 Å². The first-order chi connectivity index (χ1) is 11.9. The number of aromatic nitrogens is 2. The molecule has 0 radical (unpaired) electrons. The summed E-state index contributed by atoms with van der Waals surface area (Å²) >= 11 is 0. The molecule has 2 aliphatic rings. The van der Waals surface area contributed by atoms with Crippen LogP contribution in [-0.2, 0) is 24.2 Å². The molecule has 1 aromatic heterocycles. The number of rotatable bonds is 4. The Morgan fingerprint density at radius 1 is 1.17 bits per heavy atom. The van der Waals surface area contributed by atoms with Crippen LogP contribution in [-0.4, -0.2) is 58.9 Å². The molecule has 0 spiro atoms. The van der Waals surface area contributed by atoms with Gasteiger partial charge in [-0.2, -0.15) is 5.10 Å². The van der Waals surface area contributed by atoms with Crippen molar-refractivity contribution in [3.05, 3.63) is 53.3 Å². The number of hydrogen-bond donors (Lipinski definition) is 1. The van der Waals surface area contributed by atoms with Crippen molar-refractivity contribution in [1.82, 2.24) is 20.0 Å². The van der Waals surface area contributed by atoms with Gasteiger partial charge in [0.1, 0.15) is 0 Å². The number of ether oxygens (including phenoxy) is 1. The van der Waals surface area contributed by atoms with Crippen LogP contribution in [0.25, 0.3) is 0 Å². The zero-order valence-corrected chi connectivity index (χ0v) is 14.2. The van der Waals surface area contributed by atoms with Crippen LogP contribution in [0.4, 0.5) is 0 Å². The summed E-state index contributed by atoms with van der Waals surface area (Å²) in [6, 6.07) is 10.8. The van der Waals surface area contributed by atoms with Crippen molar-refractivity contribution in [2.45, 2.75) is 32.0 Å². The molecular formula is C19H26N4O. The van der Waals surface area contributed by atoms with Crippen molar-refractivity contribution in [3.8, 4) is 0 Å². The van der Waals surface area contributed by atoms with Crippen LogP contribution in [0, 0.1) is 0 Å². The molecule has 1 aromatic carbocycles. The first-order valence-electron chi connectivity index (χ1n) is 8.98. The Bertz CT molecular complexity index is 642. The number of aromatic amines is 1. The maximum Gasteiger partial charge on any atom is 0.0828 e. The second kappa shape index (κ2) is 7.47. The Morgan fingerprint density at radius 3 is 3.00 bits per heavy atom. The van der Waals surface area contributed by atoms with Crippen molar-refractivity contribution in [1.29, 1.82) is 0 Å². The van der Waals surface area contributed by atoms with Gasteiger partial charge in [0, 0.05) is 63.6 Å². The molecule has 1 atom stereocenters. The highest BCUT2D eigenvalue weighted by Crippen LogP contribution is 2.18. The molecule has 0 bridgehead atoms. The average molecular weight is 326 g/mol. The standard InChI is InChI=1S/C19H26N4O/c1-2-5-16(6-3-1)12-22-8-4-10-24-18(14-22)15-23-9-7-19-17(13-23)11-20-21-19/h1-3,5-6,11,18H,4,7-10,12-15H2,(H,20,21). The minimum Gasteiger partial charge on any atom is -0.376 e. The van der Waals surface area contributed by atoms with Crippen LogP contribution >= 0.6 is 0 Å². The van der Waals surface area contributed by atoms with Crippen LogP contribution in [0.5, 0.6) is 0 Å². The van der Waals surface area contributed by atoms with Gasteiger partial charge in [-0.25, -0.2) is 0 Å². The lowest BCUT2D eigenvalue weighted by Gasteiger charge is -2.31. The Labute approximate surface area is 143 Å². The molecule has 0 saturated carbocycles. The van der Waals surface area contributed by atoms with E-state index >= 15 is 0 Å². The third kappa shape index (κ3) is 3.86. The van der Waals surface area contributed by atoms with E-state index in [0.717, 1.165) is 58.7 Å². The van der Waals surface area contributed by atoms with Crippen molar-refractivity contribution in [2.75, 3.05) is 32.8 Å². The van der Waals surface area contributed by atoms with Gasteiger partial charge in [0.15, 0.2) is 0 Å². The van der Waals surface area contributed by atoms with Gasteiger partial charge in [0.2, 0.25) is 0 Å². The first kappa shape index (κ1) is 15.8. The van der Waals surface area contributed by atoms with Crippen molar-refractivity contribution >= 4 is 0 Å². The van der Waals surface area contributed by atoms with Crippen molar-refractivity contribution in [2.24, 2.45) is 0 Å².